The summed E-state index contributed by atoms with van der Waals surface area (Å²) in [5.74, 6) is -0.678. The average molecular weight is 558 g/mol. The largest absolute Gasteiger partial charge is 0.322 e. The molecule has 4 rings (SSSR count). The number of amides is 2. The standard InChI is InChI=1S/C28H20Cl4N2O2/c1-15-11-17(3-9-25(15)33-27(35)21-13-19(29)5-7-23(21)31)18-4-10-26(16(2)12-18)34-28(36)22-14-20(30)6-8-24(22)32/h3-14H,1-2H3,(H,33,35)(H,34,36). The van der Waals surface area contributed by atoms with Crippen LogP contribution in [0.3, 0.4) is 0 Å². The molecule has 0 spiro atoms. The minimum absolute atomic E-state index is 0.306. The third-order valence-electron chi connectivity index (χ3n) is 5.63. The van der Waals surface area contributed by atoms with Crippen LogP contribution in [0.4, 0.5) is 11.4 Å². The fourth-order valence-corrected chi connectivity index (χ4v) is 4.44. The van der Waals surface area contributed by atoms with Gasteiger partial charge in [0.05, 0.1) is 21.2 Å². The monoisotopic (exact) mass is 556 g/mol. The molecule has 0 aliphatic heterocycles. The molecule has 0 unspecified atom stereocenters. The van der Waals surface area contributed by atoms with Crippen LogP contribution < -0.4 is 10.6 Å². The van der Waals surface area contributed by atoms with E-state index in [0.29, 0.717) is 42.6 Å². The number of aryl methyl sites for hydroxylation is 2. The minimum Gasteiger partial charge on any atom is -0.322 e. The molecule has 0 saturated heterocycles. The summed E-state index contributed by atoms with van der Waals surface area (Å²) in [6.07, 6.45) is 0. The Labute approximate surface area is 229 Å². The van der Waals surface area contributed by atoms with E-state index in [2.05, 4.69) is 10.6 Å². The molecule has 36 heavy (non-hydrogen) atoms. The Hall–Kier alpha value is -3.02. The molecule has 2 amide bonds. The number of halogens is 4. The van der Waals surface area contributed by atoms with Gasteiger partial charge in [-0.1, -0.05) is 58.5 Å². The van der Waals surface area contributed by atoms with Gasteiger partial charge in [-0.3, -0.25) is 9.59 Å². The number of nitrogens with one attached hydrogen (secondary N) is 2. The average Bonchev–Trinajstić information content (AvgIpc) is 2.84. The maximum Gasteiger partial charge on any atom is 0.257 e. The SMILES string of the molecule is Cc1cc(-c2ccc(NC(=O)c3cc(Cl)ccc3Cl)c(C)c2)ccc1NC(=O)c1cc(Cl)ccc1Cl. The second kappa shape index (κ2) is 10.9. The highest BCUT2D eigenvalue weighted by molar-refractivity contribution is 6.37. The van der Waals surface area contributed by atoms with Gasteiger partial charge in [-0.25, -0.2) is 0 Å². The molecule has 4 nitrogen and oxygen atoms in total. The second-order valence-electron chi connectivity index (χ2n) is 8.22. The van der Waals surface area contributed by atoms with Crippen molar-refractivity contribution in [3.8, 4) is 11.1 Å². The van der Waals surface area contributed by atoms with Gasteiger partial charge in [0.2, 0.25) is 0 Å². The van der Waals surface area contributed by atoms with Gasteiger partial charge in [0.1, 0.15) is 0 Å². The Morgan fingerprint density at radius 1 is 0.556 bits per heavy atom. The first-order chi connectivity index (χ1) is 17.1. The van der Waals surface area contributed by atoms with Crippen molar-refractivity contribution in [1.82, 2.24) is 0 Å². The third kappa shape index (κ3) is 5.85. The summed E-state index contributed by atoms with van der Waals surface area (Å²) in [5.41, 5.74) is 5.63. The number of hydrogen-bond acceptors (Lipinski definition) is 2. The first-order valence-electron chi connectivity index (χ1n) is 10.9. The summed E-state index contributed by atoms with van der Waals surface area (Å²) < 4.78 is 0. The molecule has 4 aromatic carbocycles. The molecular weight excluding hydrogens is 538 g/mol. The second-order valence-corrected chi connectivity index (χ2v) is 9.90. The van der Waals surface area contributed by atoms with Crippen LogP contribution in [0.25, 0.3) is 11.1 Å². The van der Waals surface area contributed by atoms with Gasteiger partial charge in [-0.05, 0) is 96.8 Å². The van der Waals surface area contributed by atoms with E-state index in [1.165, 1.54) is 12.1 Å². The Morgan fingerprint density at radius 3 is 1.31 bits per heavy atom. The lowest BCUT2D eigenvalue weighted by Crippen LogP contribution is -2.13. The van der Waals surface area contributed by atoms with Crippen molar-refractivity contribution in [2.24, 2.45) is 0 Å². The van der Waals surface area contributed by atoms with Crippen LogP contribution >= 0.6 is 46.4 Å². The fourth-order valence-electron chi connectivity index (χ4n) is 3.69. The normalized spacial score (nSPS) is 10.7. The maximum absolute atomic E-state index is 12.7. The lowest BCUT2D eigenvalue weighted by Gasteiger charge is -2.14. The van der Waals surface area contributed by atoms with Crippen molar-refractivity contribution in [2.75, 3.05) is 10.6 Å². The molecule has 0 heterocycles. The van der Waals surface area contributed by atoms with Crippen LogP contribution in [0.1, 0.15) is 31.8 Å². The van der Waals surface area contributed by atoms with Gasteiger partial charge in [-0.2, -0.15) is 0 Å². The van der Waals surface area contributed by atoms with Crippen molar-refractivity contribution in [3.63, 3.8) is 0 Å². The zero-order valence-corrected chi connectivity index (χ0v) is 22.3. The third-order valence-corrected chi connectivity index (χ3v) is 6.76. The molecular formula is C28H20Cl4N2O2. The molecule has 0 aliphatic carbocycles. The number of anilines is 2. The molecule has 0 atom stereocenters. The Balaban J connectivity index is 1.52. The molecule has 8 heteroatoms. The van der Waals surface area contributed by atoms with Crippen molar-refractivity contribution >= 4 is 69.6 Å². The van der Waals surface area contributed by atoms with E-state index >= 15 is 0 Å². The molecule has 0 fully saturated rings. The van der Waals surface area contributed by atoms with E-state index in [4.69, 9.17) is 46.4 Å². The zero-order chi connectivity index (χ0) is 26.0. The highest BCUT2D eigenvalue weighted by Gasteiger charge is 2.15. The van der Waals surface area contributed by atoms with Crippen LogP contribution in [0, 0.1) is 13.8 Å². The summed E-state index contributed by atoms with van der Waals surface area (Å²) in [6, 6.07) is 21.0. The van der Waals surface area contributed by atoms with Crippen molar-refractivity contribution in [1.29, 1.82) is 0 Å². The number of rotatable bonds is 5. The Bertz CT molecular complexity index is 1390. The molecule has 0 saturated carbocycles. The van der Waals surface area contributed by atoms with Crippen LogP contribution in [-0.4, -0.2) is 11.8 Å². The first kappa shape index (κ1) is 26.1. The summed E-state index contributed by atoms with van der Waals surface area (Å²) >= 11 is 24.3. The Morgan fingerprint density at radius 2 is 0.944 bits per heavy atom. The van der Waals surface area contributed by atoms with Crippen LogP contribution in [0.2, 0.25) is 20.1 Å². The molecule has 0 bridgehead atoms. The Kier molecular flexibility index (Phi) is 7.91. The molecule has 2 N–H and O–H groups in total. The summed E-state index contributed by atoms with van der Waals surface area (Å²) in [5, 5.41) is 7.30. The maximum atomic E-state index is 12.7. The number of benzene rings is 4. The lowest BCUT2D eigenvalue weighted by molar-refractivity contribution is 0.101. The van der Waals surface area contributed by atoms with Gasteiger partial charge in [0.25, 0.3) is 11.8 Å². The zero-order valence-electron chi connectivity index (χ0n) is 19.3. The molecule has 0 radical (unpaired) electrons. The summed E-state index contributed by atoms with van der Waals surface area (Å²) in [6.45, 7) is 3.82. The molecule has 4 aromatic rings. The number of carbonyl (C=O) groups is 2. The van der Waals surface area contributed by atoms with Gasteiger partial charge in [0.15, 0.2) is 0 Å². The van der Waals surface area contributed by atoms with E-state index in [-0.39, 0.29) is 11.8 Å². The van der Waals surface area contributed by atoms with Crippen molar-refractivity contribution in [3.05, 3.63) is 115 Å². The first-order valence-corrected chi connectivity index (χ1v) is 12.4. The van der Waals surface area contributed by atoms with Gasteiger partial charge in [-0.15, -0.1) is 0 Å². The summed E-state index contributed by atoms with van der Waals surface area (Å²) in [7, 11) is 0. The highest BCUT2D eigenvalue weighted by Crippen LogP contribution is 2.30. The number of hydrogen-bond donors (Lipinski definition) is 2. The summed E-state index contributed by atoms with van der Waals surface area (Å²) in [4.78, 5) is 25.4. The van der Waals surface area contributed by atoms with Gasteiger partial charge in [0, 0.05) is 21.4 Å². The fraction of sp³-hybridized carbons (Fsp3) is 0.0714. The molecule has 0 aliphatic rings. The van der Waals surface area contributed by atoms with Crippen LogP contribution in [0.5, 0.6) is 0 Å². The van der Waals surface area contributed by atoms with Crippen molar-refractivity contribution in [2.45, 2.75) is 13.8 Å². The predicted octanol–water partition coefficient (Wildman–Crippen LogP) is 9.09. The van der Waals surface area contributed by atoms with E-state index in [0.717, 1.165) is 22.3 Å². The minimum atomic E-state index is -0.339. The van der Waals surface area contributed by atoms with E-state index in [1.807, 2.05) is 50.2 Å². The van der Waals surface area contributed by atoms with E-state index in [1.54, 1.807) is 24.3 Å². The molecule has 0 aromatic heterocycles. The van der Waals surface area contributed by atoms with Crippen LogP contribution in [0.15, 0.2) is 72.8 Å². The molecule has 182 valence electrons. The van der Waals surface area contributed by atoms with Gasteiger partial charge >= 0.3 is 0 Å². The van der Waals surface area contributed by atoms with E-state index < -0.39 is 0 Å². The highest BCUT2D eigenvalue weighted by atomic mass is 35.5. The predicted molar refractivity (Wildman–Crippen MR) is 150 cm³/mol. The smallest absolute Gasteiger partial charge is 0.257 e. The quantitative estimate of drug-likeness (QED) is 0.257. The van der Waals surface area contributed by atoms with E-state index in [9.17, 15) is 9.59 Å². The number of carbonyl (C=O) groups excluding carboxylic acids is 2. The van der Waals surface area contributed by atoms with Gasteiger partial charge < -0.3 is 10.6 Å². The van der Waals surface area contributed by atoms with Crippen LogP contribution in [-0.2, 0) is 0 Å². The lowest BCUT2D eigenvalue weighted by atomic mass is 9.99. The topological polar surface area (TPSA) is 58.2 Å². The van der Waals surface area contributed by atoms with Crippen molar-refractivity contribution < 1.29 is 9.59 Å².